The minimum absolute atomic E-state index is 0.101. The molecule has 1 aliphatic carbocycles. The number of hydrogen-bond acceptors (Lipinski definition) is 8. The van der Waals surface area contributed by atoms with Crippen LogP contribution in [-0.2, 0) is 22.9 Å². The van der Waals surface area contributed by atoms with E-state index in [0.717, 1.165) is 69.6 Å². The Balaban J connectivity index is 1.57. The minimum atomic E-state index is -3.31. The quantitative estimate of drug-likeness (QED) is 0.483. The van der Waals surface area contributed by atoms with Crippen LogP contribution in [0.25, 0.3) is 0 Å². The first-order valence-corrected chi connectivity index (χ1v) is 14.5. The zero-order valence-electron chi connectivity index (χ0n) is 20.6. The molecule has 2 heterocycles. The highest BCUT2D eigenvalue weighted by molar-refractivity contribution is 7.88. The largest absolute Gasteiger partial charge is 0.496 e. The van der Waals surface area contributed by atoms with E-state index >= 15 is 0 Å². The van der Waals surface area contributed by atoms with E-state index in [1.165, 1.54) is 17.4 Å². The van der Waals surface area contributed by atoms with Crippen molar-refractivity contribution in [3.8, 4) is 5.75 Å². The van der Waals surface area contributed by atoms with Gasteiger partial charge in [0.05, 0.1) is 19.6 Å². The molecule has 0 radical (unpaired) electrons. The molecule has 3 N–H and O–H groups in total. The number of anilines is 3. The number of likely N-dealkylation sites (N-methyl/N-ethyl adjacent to an activating group) is 1. The monoisotopic (exact) mass is 522 g/mol. The number of nitrogens with one attached hydrogen (secondary N) is 3. The molecule has 0 spiro atoms. The van der Waals surface area contributed by atoms with Crippen LogP contribution in [0.5, 0.6) is 5.75 Å². The summed E-state index contributed by atoms with van der Waals surface area (Å²) in [7, 11) is -1.60. The average molecular weight is 523 g/mol. The summed E-state index contributed by atoms with van der Waals surface area (Å²) in [5.74, 6) is 1.84. The summed E-state index contributed by atoms with van der Waals surface area (Å²) in [4.78, 5) is 11.5. The van der Waals surface area contributed by atoms with Crippen LogP contribution in [0.1, 0.15) is 43.7 Å². The van der Waals surface area contributed by atoms with Crippen LogP contribution in [-0.4, -0.2) is 68.4 Å². The molecule has 4 rings (SSSR count). The molecule has 2 aliphatic rings. The lowest BCUT2D eigenvalue weighted by molar-refractivity contribution is 0.302. The van der Waals surface area contributed by atoms with Crippen molar-refractivity contribution in [1.29, 1.82) is 0 Å². The predicted octanol–water partition coefficient (Wildman–Crippen LogP) is 3.58. The summed E-state index contributed by atoms with van der Waals surface area (Å²) in [5, 5.41) is 7.16. The Hall–Kier alpha value is -2.14. The Bertz CT molecular complexity index is 1150. The lowest BCUT2D eigenvalue weighted by atomic mass is 9.91. The molecule has 0 saturated heterocycles. The molecule has 1 aliphatic heterocycles. The van der Waals surface area contributed by atoms with Gasteiger partial charge in [-0.3, -0.25) is 0 Å². The molecule has 11 heteroatoms. The van der Waals surface area contributed by atoms with Gasteiger partial charge in [0.25, 0.3) is 0 Å². The van der Waals surface area contributed by atoms with Crippen molar-refractivity contribution in [2.75, 3.05) is 43.6 Å². The average Bonchev–Trinajstić information content (AvgIpc) is 3.05. The zero-order valence-corrected chi connectivity index (χ0v) is 22.2. The van der Waals surface area contributed by atoms with Crippen LogP contribution in [0.2, 0.25) is 5.02 Å². The van der Waals surface area contributed by atoms with Crippen molar-refractivity contribution >= 4 is 39.1 Å². The van der Waals surface area contributed by atoms with Crippen LogP contribution in [0.15, 0.2) is 18.3 Å². The molecule has 1 fully saturated rings. The van der Waals surface area contributed by atoms with E-state index in [0.29, 0.717) is 16.8 Å². The number of sulfonamides is 1. The van der Waals surface area contributed by atoms with Crippen molar-refractivity contribution in [2.24, 2.45) is 0 Å². The number of fused-ring (bicyclic) bond motifs is 1. The number of methoxy groups -OCH3 is 1. The van der Waals surface area contributed by atoms with Crippen LogP contribution in [0.3, 0.4) is 0 Å². The van der Waals surface area contributed by atoms with Crippen molar-refractivity contribution in [2.45, 2.75) is 57.5 Å². The van der Waals surface area contributed by atoms with E-state index in [1.54, 1.807) is 13.3 Å². The number of benzene rings is 1. The molecule has 35 heavy (non-hydrogen) atoms. The van der Waals surface area contributed by atoms with Crippen molar-refractivity contribution < 1.29 is 13.2 Å². The van der Waals surface area contributed by atoms with Gasteiger partial charge < -0.3 is 20.3 Å². The van der Waals surface area contributed by atoms with Crippen LogP contribution < -0.4 is 20.1 Å². The number of hydrogen-bond donors (Lipinski definition) is 3. The summed E-state index contributed by atoms with van der Waals surface area (Å²) >= 11 is 6.43. The van der Waals surface area contributed by atoms with Crippen molar-refractivity contribution in [3.63, 3.8) is 0 Å². The van der Waals surface area contributed by atoms with E-state index in [9.17, 15) is 8.42 Å². The third-order valence-corrected chi connectivity index (χ3v) is 7.86. The first kappa shape index (κ1) is 25.9. The van der Waals surface area contributed by atoms with Gasteiger partial charge in [-0.15, -0.1) is 0 Å². The normalized spacial score (nSPS) is 21.1. The van der Waals surface area contributed by atoms with Gasteiger partial charge in [-0.05, 0) is 49.9 Å². The molecule has 9 nitrogen and oxygen atoms in total. The van der Waals surface area contributed by atoms with Gasteiger partial charge in [0.2, 0.25) is 16.0 Å². The summed E-state index contributed by atoms with van der Waals surface area (Å²) < 4.78 is 32.1. The molecule has 2 aromatic rings. The number of rotatable bonds is 8. The number of halogens is 1. The first-order valence-electron chi connectivity index (χ1n) is 12.2. The fourth-order valence-electron chi connectivity index (χ4n) is 5.05. The molecule has 0 amide bonds. The molecule has 0 bridgehead atoms. The maximum atomic E-state index is 11.8. The minimum Gasteiger partial charge on any atom is -0.496 e. The van der Waals surface area contributed by atoms with Crippen LogP contribution in [0, 0.1) is 0 Å². The summed E-state index contributed by atoms with van der Waals surface area (Å²) in [5.41, 5.74) is 3.40. The second kappa shape index (κ2) is 11.3. The maximum Gasteiger partial charge on any atom is 0.229 e. The van der Waals surface area contributed by atoms with Gasteiger partial charge in [0, 0.05) is 36.4 Å². The highest BCUT2D eigenvalue weighted by Crippen LogP contribution is 2.34. The topological polar surface area (TPSA) is 108 Å². The Morgan fingerprint density at radius 3 is 2.54 bits per heavy atom. The van der Waals surface area contributed by atoms with Crippen LogP contribution in [0.4, 0.5) is 17.5 Å². The molecular formula is C24H35ClN6O3S. The van der Waals surface area contributed by atoms with E-state index < -0.39 is 10.0 Å². The number of aromatic nitrogens is 2. The van der Waals surface area contributed by atoms with Crippen LogP contribution >= 0.6 is 11.6 Å². The third-order valence-electron chi connectivity index (χ3n) is 6.86. The zero-order chi connectivity index (χ0) is 25.0. The highest BCUT2D eigenvalue weighted by atomic mass is 35.5. The SMILES string of the molecule is CCN1CCc2c(Nc3ncc(Cl)c(N[C@@H]4CCCC[C@H]4NS(C)(=O)=O)n3)ccc(OC)c2CC1. The Morgan fingerprint density at radius 1 is 1.14 bits per heavy atom. The predicted molar refractivity (Wildman–Crippen MR) is 140 cm³/mol. The Morgan fingerprint density at radius 2 is 1.86 bits per heavy atom. The fraction of sp³-hybridized carbons (Fsp3) is 0.583. The molecule has 0 unspecified atom stereocenters. The van der Waals surface area contributed by atoms with E-state index in [2.05, 4.69) is 37.1 Å². The maximum absolute atomic E-state index is 11.8. The van der Waals surface area contributed by atoms with Gasteiger partial charge in [-0.2, -0.15) is 4.98 Å². The van der Waals surface area contributed by atoms with Crippen molar-refractivity contribution in [3.05, 3.63) is 34.5 Å². The molecule has 1 saturated carbocycles. The smallest absolute Gasteiger partial charge is 0.229 e. The molecular weight excluding hydrogens is 488 g/mol. The van der Waals surface area contributed by atoms with Gasteiger partial charge in [-0.25, -0.2) is 18.1 Å². The lowest BCUT2D eigenvalue weighted by Crippen LogP contribution is -2.48. The molecule has 1 aromatic carbocycles. The van der Waals surface area contributed by atoms with Gasteiger partial charge in [0.1, 0.15) is 10.8 Å². The second-order valence-electron chi connectivity index (χ2n) is 9.25. The summed E-state index contributed by atoms with van der Waals surface area (Å²) in [6, 6.07) is 3.69. The highest BCUT2D eigenvalue weighted by Gasteiger charge is 2.28. The molecule has 2 atom stereocenters. The standard InChI is InChI=1S/C24H35ClN6O3S/c1-4-31-13-11-16-17(12-14-31)22(34-2)10-9-19(16)28-24-26-15-18(25)23(29-24)27-20-7-5-6-8-21(20)30-35(3,32)33/h9-10,15,20-21,30H,4-8,11-14H2,1-3H3,(H2,26,27,28,29)/t20-,21-/m1/s1. The lowest BCUT2D eigenvalue weighted by Gasteiger charge is -2.32. The summed E-state index contributed by atoms with van der Waals surface area (Å²) in [6.45, 7) is 5.18. The van der Waals surface area contributed by atoms with E-state index in [1.807, 2.05) is 12.1 Å². The van der Waals surface area contributed by atoms with E-state index in [4.69, 9.17) is 16.3 Å². The first-order chi connectivity index (χ1) is 16.8. The summed E-state index contributed by atoms with van der Waals surface area (Å²) in [6.07, 6.45) is 8.18. The number of nitrogens with zero attached hydrogens (tertiary/aromatic N) is 3. The Labute approximate surface area is 213 Å². The van der Waals surface area contributed by atoms with E-state index in [-0.39, 0.29) is 12.1 Å². The van der Waals surface area contributed by atoms with Gasteiger partial charge in [-0.1, -0.05) is 31.4 Å². The Kier molecular flexibility index (Phi) is 8.36. The second-order valence-corrected chi connectivity index (χ2v) is 11.4. The van der Waals surface area contributed by atoms with Gasteiger partial charge in [0.15, 0.2) is 5.82 Å². The fourth-order valence-corrected chi connectivity index (χ4v) is 6.03. The van der Waals surface area contributed by atoms with Crippen molar-refractivity contribution in [1.82, 2.24) is 19.6 Å². The molecule has 192 valence electrons. The third kappa shape index (κ3) is 6.55. The molecule has 1 aromatic heterocycles. The number of ether oxygens (including phenoxy) is 1. The van der Waals surface area contributed by atoms with Gasteiger partial charge >= 0.3 is 0 Å².